The predicted molar refractivity (Wildman–Crippen MR) is 268 cm³/mol. The molecular weight excluding hydrogens is 963 g/mol. The number of aromatic carboxylic acids is 2. The van der Waals surface area contributed by atoms with Gasteiger partial charge >= 0.3 is 59.1 Å². The van der Waals surface area contributed by atoms with E-state index in [9.17, 15) is 39.0 Å². The van der Waals surface area contributed by atoms with E-state index in [1.165, 1.54) is 36.4 Å². The van der Waals surface area contributed by atoms with Gasteiger partial charge in [-0.1, -0.05) is 31.1 Å². The van der Waals surface area contributed by atoms with Crippen molar-refractivity contribution in [2.24, 2.45) is 5.92 Å². The Morgan fingerprint density at radius 1 is 0.662 bits per heavy atom. The first kappa shape index (κ1) is 56.4. The van der Waals surface area contributed by atoms with Gasteiger partial charge in [0.05, 0.1) is 40.7 Å². The van der Waals surface area contributed by atoms with Crippen molar-refractivity contribution in [3.8, 4) is 22.8 Å². The zero-order chi connectivity index (χ0) is 51.1. The zero-order valence-corrected chi connectivity index (χ0v) is 45.6. The molecule has 8 rings (SSSR count). The van der Waals surface area contributed by atoms with Crippen LogP contribution in [-0.4, -0.2) is 77.0 Å². The molecule has 2 aromatic heterocycles. The van der Waals surface area contributed by atoms with Crippen LogP contribution in [0.5, 0.6) is 11.5 Å². The molecule has 2 aliphatic rings. The number of nitrogen functional groups attached to an aromatic ring is 2. The zero-order valence-electron chi connectivity index (χ0n) is 41.6. The van der Waals surface area contributed by atoms with Gasteiger partial charge in [0.2, 0.25) is 0 Å². The van der Waals surface area contributed by atoms with Crippen LogP contribution in [0.2, 0.25) is 0 Å². The number of benzene rings is 4. The Kier molecular flexibility index (Phi) is 19.3. The number of ketones is 2. The maximum Gasteiger partial charge on any atom is 1.00 e. The summed E-state index contributed by atoms with van der Waals surface area (Å²) in [5, 5.41) is 28.9. The Morgan fingerprint density at radius 2 is 1.27 bits per heavy atom. The topological polar surface area (TPSA) is 251 Å². The minimum Gasteiger partial charge on any atom is -0.545 e. The third kappa shape index (κ3) is 12.7. The molecule has 18 heteroatoms. The van der Waals surface area contributed by atoms with E-state index in [0.717, 1.165) is 53.8 Å². The first-order valence-electron chi connectivity index (χ1n) is 23.5. The van der Waals surface area contributed by atoms with E-state index in [1.54, 1.807) is 24.3 Å². The summed E-state index contributed by atoms with van der Waals surface area (Å²) in [6.45, 7) is 4.35. The Labute approximate surface area is 472 Å². The molecule has 74 heavy (non-hydrogen) atoms. The molecule has 0 saturated heterocycles. The van der Waals surface area contributed by atoms with Crippen LogP contribution in [0.25, 0.3) is 22.5 Å². The number of carboxylic acid groups (broad SMARTS) is 2. The second-order valence-electron chi connectivity index (χ2n) is 17.6. The molecule has 2 aliphatic heterocycles. The van der Waals surface area contributed by atoms with Crippen molar-refractivity contribution >= 4 is 57.9 Å². The van der Waals surface area contributed by atoms with Crippen LogP contribution in [0.4, 0.5) is 11.4 Å². The molecule has 16 nitrogen and oxygen atoms in total. The fraction of sp³-hybridized carbons (Fsp3) is 0.214. The van der Waals surface area contributed by atoms with Gasteiger partial charge in [-0.05, 0) is 158 Å². The number of nitrogens with two attached hydrogens (primary N) is 2. The number of nitrogens with one attached hydrogen (secondary N) is 2. The van der Waals surface area contributed by atoms with Gasteiger partial charge in [-0.15, -0.1) is 0 Å². The Balaban J connectivity index is 0.00000446. The van der Waals surface area contributed by atoms with E-state index >= 15 is 0 Å². The second kappa shape index (κ2) is 25.3. The number of carbonyl (C=O) groups excluding carboxylic acids is 6. The van der Waals surface area contributed by atoms with E-state index in [0.29, 0.717) is 41.2 Å². The maximum atomic E-state index is 13.9. The number of anilines is 2. The van der Waals surface area contributed by atoms with Gasteiger partial charge in [0.15, 0.2) is 24.8 Å². The largest absolute Gasteiger partial charge is 1.00 e. The molecule has 2 atom stereocenters. The summed E-state index contributed by atoms with van der Waals surface area (Å²) in [5.41, 5.74) is 17.7. The molecule has 0 aliphatic carbocycles. The molecule has 0 fully saturated rings. The molecule has 4 aromatic carbocycles. The van der Waals surface area contributed by atoms with E-state index in [2.05, 4.69) is 10.6 Å². The number of nitrogens with zero attached hydrogens (tertiary/aromatic N) is 2. The number of carboxylic acids is 2. The van der Waals surface area contributed by atoms with Gasteiger partial charge in [0.1, 0.15) is 11.5 Å². The van der Waals surface area contributed by atoms with E-state index in [-0.39, 0.29) is 135 Å². The van der Waals surface area contributed by atoms with Crippen LogP contribution in [0, 0.1) is 12.8 Å². The van der Waals surface area contributed by atoms with Crippen LogP contribution in [0.1, 0.15) is 90.7 Å². The number of carbonyl (C=O) groups is 6. The molecule has 0 saturated carbocycles. The summed E-state index contributed by atoms with van der Waals surface area (Å²) in [4.78, 5) is 78.0. The Morgan fingerprint density at radius 3 is 1.88 bits per heavy atom. The van der Waals surface area contributed by atoms with Gasteiger partial charge in [-0.2, -0.15) is 0 Å². The van der Waals surface area contributed by atoms with Crippen LogP contribution in [-0.2, 0) is 9.59 Å². The van der Waals surface area contributed by atoms with Crippen molar-refractivity contribution in [1.29, 1.82) is 0 Å². The molecule has 0 radical (unpaired) electrons. The number of amides is 2. The van der Waals surface area contributed by atoms with Gasteiger partial charge in [0, 0.05) is 59.2 Å². The van der Waals surface area contributed by atoms with Crippen molar-refractivity contribution in [2.45, 2.75) is 45.6 Å². The smallest absolute Gasteiger partial charge is 0.545 e. The molecule has 2 amide bonds. The molecule has 6 N–H and O–H groups in total. The third-order valence-electron chi connectivity index (χ3n) is 12.8. The quantitative estimate of drug-likeness (QED) is 0.0302. The van der Waals surface area contributed by atoms with E-state index in [1.807, 2.05) is 96.2 Å². The molecule has 2 unspecified atom stereocenters. The molecule has 368 valence electrons. The standard InChI is InChI=1S/C56H54N6O10.2Na/c1-33-49(53(65)37-17-22-44(58)43(30-37)56(69)70)45-11-5-9-25-61(45)51(33)35-13-18-41(19-14-35)71-31-47(63)59-23-7-3-4-8-24-60-48(64)32-72-42-20-15-36(16-21-42)52-34(2)50(46-12-6-10-26-62(46)52)54(66)38-27-39(55(67)68)29-40(57)28-38;;/h5-6,9-22,25-30,46,50H,3-4,7-8,23-24,31-32,57-58H2,1-2H3,(H,59,63)(H,60,64)(H,67,68)(H,69,70);;/q;2*+1/p-2. The number of unbranched alkanes of at least 4 members (excludes halogenated alkanes) is 3. The minimum atomic E-state index is -1.47. The van der Waals surface area contributed by atoms with Crippen molar-refractivity contribution in [3.63, 3.8) is 0 Å². The predicted octanol–water partition coefficient (Wildman–Crippen LogP) is -0.706. The van der Waals surface area contributed by atoms with E-state index < -0.39 is 17.9 Å². The fourth-order valence-electron chi connectivity index (χ4n) is 9.31. The number of fused-ring (bicyclic) bond motifs is 2. The van der Waals surface area contributed by atoms with Crippen molar-refractivity contribution in [2.75, 3.05) is 37.8 Å². The number of hydrogen-bond donors (Lipinski definition) is 4. The normalized spacial score (nSPS) is 14.4. The van der Waals surface area contributed by atoms with Crippen LogP contribution in [0.15, 0.2) is 139 Å². The van der Waals surface area contributed by atoms with Gasteiger partial charge < -0.3 is 60.7 Å². The number of Topliss-reactive ketones (excluding diaryl/α,β-unsaturated/α-hetero) is 1. The summed E-state index contributed by atoms with van der Waals surface area (Å²) < 4.78 is 13.4. The summed E-state index contributed by atoms with van der Waals surface area (Å²) in [5.74, 6) is -3.59. The van der Waals surface area contributed by atoms with Crippen LogP contribution < -0.4 is 101 Å². The Hall–Kier alpha value is -6.92. The first-order chi connectivity index (χ1) is 34.7. The Bertz CT molecular complexity index is 3200. The minimum absolute atomic E-state index is 0. The number of allylic oxidation sites excluding steroid dienone is 2. The van der Waals surface area contributed by atoms with Crippen molar-refractivity contribution < 1.29 is 108 Å². The summed E-state index contributed by atoms with van der Waals surface area (Å²) in [7, 11) is 0. The maximum absolute atomic E-state index is 13.9. The van der Waals surface area contributed by atoms with Crippen molar-refractivity contribution in [3.05, 3.63) is 178 Å². The summed E-state index contributed by atoms with van der Waals surface area (Å²) in [6.07, 6.45) is 12.7. The number of pyridine rings is 1. The molecule has 0 bridgehead atoms. The molecule has 6 aromatic rings. The molecular formula is C56H52N6Na2O10. The fourth-order valence-corrected chi connectivity index (χ4v) is 9.31. The van der Waals surface area contributed by atoms with Gasteiger partial charge in [-0.3, -0.25) is 19.2 Å². The summed E-state index contributed by atoms with van der Waals surface area (Å²) >= 11 is 0. The average molecular weight is 1020 g/mol. The molecule has 4 heterocycles. The third-order valence-corrected chi connectivity index (χ3v) is 12.8. The summed E-state index contributed by atoms with van der Waals surface area (Å²) in [6, 6.07) is 27.8. The molecule has 0 spiro atoms. The SMILES string of the molecule is CC1=C(c2ccc(OCC(=O)NCCCCCCNC(=O)COc3ccc(-c4c(C)c(C(=O)c5ccc(N)c(C(=O)[O-])c5)c5ccccn45)cc3)cc2)N2C=CC=CC2C1C(=O)c1cc(N)cc(C(=O)[O-])c1.[Na+].[Na+]. The van der Waals surface area contributed by atoms with Gasteiger partial charge in [0.25, 0.3) is 11.8 Å². The van der Waals surface area contributed by atoms with Gasteiger partial charge in [-0.25, -0.2) is 0 Å². The van der Waals surface area contributed by atoms with Crippen LogP contribution in [0.3, 0.4) is 0 Å². The number of rotatable bonds is 21. The monoisotopic (exact) mass is 1010 g/mol. The second-order valence-corrected chi connectivity index (χ2v) is 17.6. The van der Waals surface area contributed by atoms with E-state index in [4.69, 9.17) is 20.9 Å². The number of ether oxygens (including phenoxy) is 2. The average Bonchev–Trinajstić information content (AvgIpc) is 3.84. The first-order valence-corrected chi connectivity index (χ1v) is 23.5. The number of hydrogen-bond acceptors (Lipinski definition) is 13. The van der Waals surface area contributed by atoms with Crippen LogP contribution >= 0.6 is 0 Å². The number of aromatic nitrogens is 1. The van der Waals surface area contributed by atoms with Crippen molar-refractivity contribution in [1.82, 2.24) is 19.9 Å².